The predicted octanol–water partition coefficient (Wildman–Crippen LogP) is 3.90. The molecule has 2 aromatic rings. The SMILES string of the molecule is CCOc1ccc(C#Cc2cc(F)c(F)c(F)c2)cc1. The third-order valence-electron chi connectivity index (χ3n) is 2.50. The van der Waals surface area contributed by atoms with Crippen molar-refractivity contribution in [2.45, 2.75) is 6.92 Å². The van der Waals surface area contributed by atoms with Crippen LogP contribution in [0.4, 0.5) is 13.2 Å². The molecule has 2 rings (SSSR count). The zero-order valence-corrected chi connectivity index (χ0v) is 10.7. The minimum atomic E-state index is -1.49. The molecule has 0 heterocycles. The average molecular weight is 276 g/mol. The highest BCUT2D eigenvalue weighted by Gasteiger charge is 2.09. The van der Waals surface area contributed by atoms with Gasteiger partial charge in [0.2, 0.25) is 0 Å². The van der Waals surface area contributed by atoms with Crippen molar-refractivity contribution in [3.63, 3.8) is 0 Å². The van der Waals surface area contributed by atoms with Crippen LogP contribution in [0.3, 0.4) is 0 Å². The summed E-state index contributed by atoms with van der Waals surface area (Å²) in [7, 11) is 0. The minimum Gasteiger partial charge on any atom is -0.494 e. The molecule has 0 amide bonds. The Morgan fingerprint density at radius 2 is 1.45 bits per heavy atom. The predicted molar refractivity (Wildman–Crippen MR) is 69.9 cm³/mol. The van der Waals surface area contributed by atoms with Gasteiger partial charge in [-0.3, -0.25) is 0 Å². The van der Waals surface area contributed by atoms with Crippen molar-refractivity contribution in [1.29, 1.82) is 0 Å². The van der Waals surface area contributed by atoms with Crippen LogP contribution in [0.5, 0.6) is 5.75 Å². The molecule has 0 aliphatic rings. The molecule has 20 heavy (non-hydrogen) atoms. The van der Waals surface area contributed by atoms with Gasteiger partial charge in [-0.25, -0.2) is 13.2 Å². The van der Waals surface area contributed by atoms with Gasteiger partial charge >= 0.3 is 0 Å². The first kappa shape index (κ1) is 14.0. The zero-order valence-electron chi connectivity index (χ0n) is 10.7. The Labute approximate surface area is 115 Å². The van der Waals surface area contributed by atoms with E-state index in [0.717, 1.165) is 17.9 Å². The molecule has 0 N–H and O–H groups in total. The van der Waals surface area contributed by atoms with E-state index in [9.17, 15) is 13.2 Å². The molecule has 0 unspecified atom stereocenters. The molecule has 0 bridgehead atoms. The third kappa shape index (κ3) is 3.33. The second-order valence-electron chi connectivity index (χ2n) is 3.96. The monoisotopic (exact) mass is 276 g/mol. The van der Waals surface area contributed by atoms with Gasteiger partial charge in [0.15, 0.2) is 17.5 Å². The fraction of sp³-hybridized carbons (Fsp3) is 0.125. The van der Waals surface area contributed by atoms with Crippen LogP contribution in [0.15, 0.2) is 36.4 Å². The summed E-state index contributed by atoms with van der Waals surface area (Å²) >= 11 is 0. The standard InChI is InChI=1S/C16H11F3O/c1-2-20-13-7-5-11(6-8-13)3-4-12-9-14(17)16(19)15(18)10-12/h5-10H,2H2,1H3. The van der Waals surface area contributed by atoms with Crippen LogP contribution in [0.1, 0.15) is 18.1 Å². The molecule has 102 valence electrons. The van der Waals surface area contributed by atoms with Crippen molar-refractivity contribution in [3.05, 3.63) is 65.0 Å². The normalized spacial score (nSPS) is 9.80. The Morgan fingerprint density at radius 3 is 2.00 bits per heavy atom. The molecule has 0 fully saturated rings. The molecule has 0 spiro atoms. The molecule has 0 aromatic heterocycles. The lowest BCUT2D eigenvalue weighted by atomic mass is 10.1. The highest BCUT2D eigenvalue weighted by Crippen LogP contribution is 2.14. The van der Waals surface area contributed by atoms with E-state index in [2.05, 4.69) is 11.8 Å². The molecule has 0 aliphatic carbocycles. The second-order valence-corrected chi connectivity index (χ2v) is 3.96. The van der Waals surface area contributed by atoms with Gasteiger partial charge in [0.05, 0.1) is 6.61 Å². The van der Waals surface area contributed by atoms with Crippen molar-refractivity contribution in [2.75, 3.05) is 6.61 Å². The van der Waals surface area contributed by atoms with Crippen LogP contribution in [-0.2, 0) is 0 Å². The third-order valence-corrected chi connectivity index (χ3v) is 2.50. The van der Waals surface area contributed by atoms with E-state index >= 15 is 0 Å². The van der Waals surface area contributed by atoms with E-state index in [1.54, 1.807) is 24.3 Å². The van der Waals surface area contributed by atoms with Crippen LogP contribution in [-0.4, -0.2) is 6.61 Å². The molecular formula is C16H11F3O. The first-order valence-corrected chi connectivity index (χ1v) is 5.99. The van der Waals surface area contributed by atoms with Crippen molar-refractivity contribution >= 4 is 0 Å². The molecular weight excluding hydrogens is 265 g/mol. The van der Waals surface area contributed by atoms with Crippen LogP contribution >= 0.6 is 0 Å². The number of halogens is 3. The van der Waals surface area contributed by atoms with Crippen LogP contribution in [0, 0.1) is 29.3 Å². The van der Waals surface area contributed by atoms with E-state index in [1.807, 2.05) is 6.92 Å². The smallest absolute Gasteiger partial charge is 0.194 e. The number of hydrogen-bond donors (Lipinski definition) is 0. The maximum Gasteiger partial charge on any atom is 0.194 e. The molecule has 0 saturated heterocycles. The Kier molecular flexibility index (Phi) is 4.31. The van der Waals surface area contributed by atoms with E-state index in [1.165, 1.54) is 0 Å². The summed E-state index contributed by atoms with van der Waals surface area (Å²) in [5.41, 5.74) is 0.744. The Morgan fingerprint density at radius 1 is 0.900 bits per heavy atom. The van der Waals surface area contributed by atoms with E-state index in [-0.39, 0.29) is 5.56 Å². The Hall–Kier alpha value is -2.41. The summed E-state index contributed by atoms with van der Waals surface area (Å²) in [5.74, 6) is 2.06. The molecule has 0 saturated carbocycles. The topological polar surface area (TPSA) is 9.23 Å². The summed E-state index contributed by atoms with van der Waals surface area (Å²) in [4.78, 5) is 0. The lowest BCUT2D eigenvalue weighted by Crippen LogP contribution is -1.92. The fourth-order valence-corrected chi connectivity index (χ4v) is 1.57. The van der Waals surface area contributed by atoms with E-state index in [4.69, 9.17) is 4.74 Å². The highest BCUT2D eigenvalue weighted by atomic mass is 19.2. The summed E-state index contributed by atoms with van der Waals surface area (Å²) in [6, 6.07) is 8.68. The summed E-state index contributed by atoms with van der Waals surface area (Å²) in [5, 5.41) is 0. The summed E-state index contributed by atoms with van der Waals surface area (Å²) < 4.78 is 44.1. The minimum absolute atomic E-state index is 0.0790. The van der Waals surface area contributed by atoms with Gasteiger partial charge in [0.1, 0.15) is 5.75 Å². The van der Waals surface area contributed by atoms with Gasteiger partial charge < -0.3 is 4.74 Å². The first-order chi connectivity index (χ1) is 9.60. The van der Waals surface area contributed by atoms with Gasteiger partial charge in [-0.05, 0) is 43.3 Å². The van der Waals surface area contributed by atoms with E-state index in [0.29, 0.717) is 12.2 Å². The van der Waals surface area contributed by atoms with Gasteiger partial charge in [0, 0.05) is 11.1 Å². The van der Waals surface area contributed by atoms with Crippen molar-refractivity contribution in [2.24, 2.45) is 0 Å². The molecule has 4 heteroatoms. The molecule has 0 atom stereocenters. The maximum absolute atomic E-state index is 13.0. The molecule has 2 aromatic carbocycles. The maximum atomic E-state index is 13.0. The molecule has 0 radical (unpaired) electrons. The number of rotatable bonds is 2. The first-order valence-electron chi connectivity index (χ1n) is 5.99. The molecule has 1 nitrogen and oxygen atoms in total. The largest absolute Gasteiger partial charge is 0.494 e. The summed E-state index contributed by atoms with van der Waals surface area (Å²) in [6.45, 7) is 2.45. The number of hydrogen-bond acceptors (Lipinski definition) is 1. The number of benzene rings is 2. The zero-order chi connectivity index (χ0) is 14.5. The highest BCUT2D eigenvalue weighted by molar-refractivity contribution is 5.44. The Balaban J connectivity index is 2.22. The fourth-order valence-electron chi connectivity index (χ4n) is 1.57. The van der Waals surface area contributed by atoms with E-state index < -0.39 is 17.5 Å². The number of ether oxygens (including phenoxy) is 1. The van der Waals surface area contributed by atoms with Crippen LogP contribution in [0.25, 0.3) is 0 Å². The Bertz CT molecular complexity index is 643. The van der Waals surface area contributed by atoms with Crippen LogP contribution < -0.4 is 4.74 Å². The van der Waals surface area contributed by atoms with Gasteiger partial charge in [-0.2, -0.15) is 0 Å². The molecule has 0 aliphatic heterocycles. The average Bonchev–Trinajstić information content (AvgIpc) is 2.44. The van der Waals surface area contributed by atoms with Gasteiger partial charge in [-0.1, -0.05) is 11.8 Å². The quantitative estimate of drug-likeness (QED) is 0.597. The van der Waals surface area contributed by atoms with Crippen LogP contribution in [0.2, 0.25) is 0 Å². The lowest BCUT2D eigenvalue weighted by Gasteiger charge is -2.01. The van der Waals surface area contributed by atoms with Gasteiger partial charge in [-0.15, -0.1) is 0 Å². The van der Waals surface area contributed by atoms with Gasteiger partial charge in [0.25, 0.3) is 0 Å². The lowest BCUT2D eigenvalue weighted by molar-refractivity contribution is 0.340. The van der Waals surface area contributed by atoms with Crippen molar-refractivity contribution in [1.82, 2.24) is 0 Å². The van der Waals surface area contributed by atoms with Crippen molar-refractivity contribution in [3.8, 4) is 17.6 Å². The van der Waals surface area contributed by atoms with Crippen molar-refractivity contribution < 1.29 is 17.9 Å². The summed E-state index contributed by atoms with van der Waals surface area (Å²) in [6.07, 6.45) is 0. The second kappa shape index (κ2) is 6.16.